The lowest BCUT2D eigenvalue weighted by molar-refractivity contribution is 0.0416. The van der Waals surface area contributed by atoms with Gasteiger partial charge >= 0.3 is 0 Å². The molecule has 4 nitrogen and oxygen atoms in total. The van der Waals surface area contributed by atoms with Crippen LogP contribution in [0.3, 0.4) is 0 Å². The van der Waals surface area contributed by atoms with Crippen LogP contribution in [0.25, 0.3) is 0 Å². The molecule has 0 aromatic heterocycles. The molecular weight excluding hydrogens is 236 g/mol. The fourth-order valence-electron chi connectivity index (χ4n) is 1.89. The van der Waals surface area contributed by atoms with Crippen molar-refractivity contribution in [3.8, 4) is 0 Å². The molecular formula is C12H18N2O2S. The van der Waals surface area contributed by atoms with E-state index in [1.165, 1.54) is 0 Å². The van der Waals surface area contributed by atoms with Gasteiger partial charge in [-0.25, -0.2) is 8.51 Å². The maximum Gasteiger partial charge on any atom is 0.128 e. The number of nitrogens with two attached hydrogens (primary N) is 1. The van der Waals surface area contributed by atoms with Crippen LogP contribution < -0.4 is 5.73 Å². The molecule has 0 bridgehead atoms. The summed E-state index contributed by atoms with van der Waals surface area (Å²) in [5.74, 6) is 0. The minimum Gasteiger partial charge on any atom is -0.399 e. The third-order valence-electron chi connectivity index (χ3n) is 2.92. The van der Waals surface area contributed by atoms with Gasteiger partial charge in [-0.15, -0.1) is 0 Å². The highest BCUT2D eigenvalue weighted by Gasteiger charge is 2.25. The summed E-state index contributed by atoms with van der Waals surface area (Å²) in [4.78, 5) is 0.804. The van der Waals surface area contributed by atoms with E-state index in [1.54, 1.807) is 6.07 Å². The zero-order valence-electron chi connectivity index (χ0n) is 10.2. The predicted molar refractivity (Wildman–Crippen MR) is 69.0 cm³/mol. The summed E-state index contributed by atoms with van der Waals surface area (Å²) in [6.45, 7) is 5.95. The number of nitrogens with zero attached hydrogens (tertiary/aromatic N) is 1. The molecule has 1 heterocycles. The number of hydrogen-bond acceptors (Lipinski definition) is 3. The van der Waals surface area contributed by atoms with E-state index < -0.39 is 11.0 Å². The van der Waals surface area contributed by atoms with Gasteiger partial charge in [0.2, 0.25) is 0 Å². The van der Waals surface area contributed by atoms with Crippen molar-refractivity contribution >= 4 is 16.7 Å². The zero-order chi connectivity index (χ0) is 12.4. The van der Waals surface area contributed by atoms with Gasteiger partial charge in [-0.2, -0.15) is 0 Å². The maximum atomic E-state index is 12.5. The number of aryl methyl sites for hydroxylation is 1. The normalized spacial score (nSPS) is 23.5. The molecule has 0 aliphatic carbocycles. The summed E-state index contributed by atoms with van der Waals surface area (Å²) in [7, 11) is -1.15. The topological polar surface area (TPSA) is 55.6 Å². The quantitative estimate of drug-likeness (QED) is 0.810. The predicted octanol–water partition coefficient (Wildman–Crippen LogP) is 1.32. The van der Waals surface area contributed by atoms with Crippen LogP contribution in [0.1, 0.15) is 12.5 Å². The molecule has 1 aromatic carbocycles. The van der Waals surface area contributed by atoms with Gasteiger partial charge < -0.3 is 10.5 Å². The van der Waals surface area contributed by atoms with E-state index in [1.807, 2.05) is 30.3 Å². The number of anilines is 1. The van der Waals surface area contributed by atoms with Crippen LogP contribution in [-0.2, 0) is 15.7 Å². The first-order valence-electron chi connectivity index (χ1n) is 5.72. The Balaban J connectivity index is 2.26. The molecule has 1 fully saturated rings. The Bertz CT molecular complexity index is 437. The number of ether oxygens (including phenoxy) is 1. The minimum absolute atomic E-state index is 0.172. The van der Waals surface area contributed by atoms with Crippen LogP contribution in [0.2, 0.25) is 0 Å². The Labute approximate surface area is 104 Å². The number of benzene rings is 1. The summed E-state index contributed by atoms with van der Waals surface area (Å²) in [6, 6.07) is 5.71. The lowest BCUT2D eigenvalue weighted by Crippen LogP contribution is -2.44. The van der Waals surface area contributed by atoms with Crippen molar-refractivity contribution < 1.29 is 8.95 Å². The Hall–Kier alpha value is -0.910. The number of rotatable bonds is 2. The van der Waals surface area contributed by atoms with Crippen LogP contribution >= 0.6 is 0 Å². The largest absolute Gasteiger partial charge is 0.399 e. The molecule has 0 saturated carbocycles. The second-order valence-corrected chi connectivity index (χ2v) is 5.75. The van der Waals surface area contributed by atoms with E-state index >= 15 is 0 Å². The van der Waals surface area contributed by atoms with Crippen molar-refractivity contribution in [3.63, 3.8) is 0 Å². The first-order valence-corrected chi connectivity index (χ1v) is 6.82. The van der Waals surface area contributed by atoms with E-state index in [-0.39, 0.29) is 6.04 Å². The van der Waals surface area contributed by atoms with Crippen molar-refractivity contribution in [2.75, 3.05) is 25.5 Å². The van der Waals surface area contributed by atoms with E-state index in [0.29, 0.717) is 25.4 Å². The smallest absolute Gasteiger partial charge is 0.128 e. The van der Waals surface area contributed by atoms with Gasteiger partial charge in [0, 0.05) is 18.3 Å². The second kappa shape index (κ2) is 5.16. The van der Waals surface area contributed by atoms with Gasteiger partial charge in [0.05, 0.1) is 18.1 Å². The summed E-state index contributed by atoms with van der Waals surface area (Å²) >= 11 is 0. The zero-order valence-corrected chi connectivity index (χ0v) is 11.0. The molecule has 1 aliphatic heterocycles. The van der Waals surface area contributed by atoms with Gasteiger partial charge in [0.15, 0.2) is 0 Å². The van der Waals surface area contributed by atoms with Gasteiger partial charge in [-0.1, -0.05) is 6.07 Å². The lowest BCUT2D eigenvalue weighted by Gasteiger charge is -2.32. The number of morpholine rings is 1. The number of nitrogen functional groups attached to an aromatic ring is 1. The van der Waals surface area contributed by atoms with Crippen molar-refractivity contribution in [1.29, 1.82) is 0 Å². The monoisotopic (exact) mass is 254 g/mol. The summed E-state index contributed by atoms with van der Waals surface area (Å²) < 4.78 is 19.8. The van der Waals surface area contributed by atoms with E-state index in [2.05, 4.69) is 0 Å². The molecule has 2 N–H and O–H groups in total. The van der Waals surface area contributed by atoms with Crippen LogP contribution in [0, 0.1) is 6.92 Å². The average molecular weight is 254 g/mol. The SMILES string of the molecule is Cc1ccc(N)cc1S(=O)N1CCOCC1C. The highest BCUT2D eigenvalue weighted by Crippen LogP contribution is 2.21. The molecule has 2 rings (SSSR count). The van der Waals surface area contributed by atoms with Gasteiger partial charge in [0.1, 0.15) is 11.0 Å². The molecule has 1 aliphatic rings. The van der Waals surface area contributed by atoms with Gasteiger partial charge in [-0.3, -0.25) is 0 Å². The van der Waals surface area contributed by atoms with Crippen molar-refractivity contribution in [3.05, 3.63) is 23.8 Å². The summed E-state index contributed by atoms with van der Waals surface area (Å²) in [5, 5.41) is 0. The molecule has 0 amide bonds. The van der Waals surface area contributed by atoms with E-state index in [9.17, 15) is 4.21 Å². The third-order valence-corrected chi connectivity index (χ3v) is 4.70. The van der Waals surface area contributed by atoms with Crippen molar-refractivity contribution in [2.24, 2.45) is 0 Å². The molecule has 17 heavy (non-hydrogen) atoms. The molecule has 5 heteroatoms. The van der Waals surface area contributed by atoms with E-state index in [0.717, 1.165) is 10.5 Å². The minimum atomic E-state index is -1.15. The molecule has 1 aromatic rings. The Morgan fingerprint density at radius 1 is 1.53 bits per heavy atom. The Morgan fingerprint density at radius 3 is 3.00 bits per heavy atom. The fourth-order valence-corrected chi connectivity index (χ4v) is 3.35. The van der Waals surface area contributed by atoms with Crippen LogP contribution in [0.4, 0.5) is 5.69 Å². The first kappa shape index (κ1) is 12.5. The highest BCUT2D eigenvalue weighted by molar-refractivity contribution is 7.82. The number of hydrogen-bond donors (Lipinski definition) is 1. The standard InChI is InChI=1S/C12H18N2O2S/c1-9-3-4-11(13)7-12(9)17(15)14-5-6-16-8-10(14)2/h3-4,7,10H,5-6,8,13H2,1-2H3. The van der Waals surface area contributed by atoms with E-state index in [4.69, 9.17) is 10.5 Å². The van der Waals surface area contributed by atoms with Crippen LogP contribution in [0.15, 0.2) is 23.1 Å². The maximum absolute atomic E-state index is 12.5. The molecule has 0 spiro atoms. The Kier molecular flexibility index (Phi) is 3.81. The average Bonchev–Trinajstić information content (AvgIpc) is 2.32. The third kappa shape index (κ3) is 2.68. The molecule has 2 unspecified atom stereocenters. The summed E-state index contributed by atoms with van der Waals surface area (Å²) in [5.41, 5.74) is 7.41. The lowest BCUT2D eigenvalue weighted by atomic mass is 10.2. The summed E-state index contributed by atoms with van der Waals surface area (Å²) in [6.07, 6.45) is 0. The Morgan fingerprint density at radius 2 is 2.29 bits per heavy atom. The molecule has 94 valence electrons. The molecule has 0 radical (unpaired) electrons. The van der Waals surface area contributed by atoms with Gasteiger partial charge in [-0.05, 0) is 31.5 Å². The van der Waals surface area contributed by atoms with Gasteiger partial charge in [0.25, 0.3) is 0 Å². The van der Waals surface area contributed by atoms with Crippen LogP contribution in [0.5, 0.6) is 0 Å². The second-order valence-electron chi connectivity index (χ2n) is 4.34. The fraction of sp³-hybridized carbons (Fsp3) is 0.500. The first-order chi connectivity index (χ1) is 8.09. The molecule has 2 atom stereocenters. The highest BCUT2D eigenvalue weighted by atomic mass is 32.2. The van der Waals surface area contributed by atoms with Crippen molar-refractivity contribution in [1.82, 2.24) is 4.31 Å². The van der Waals surface area contributed by atoms with Crippen molar-refractivity contribution in [2.45, 2.75) is 24.8 Å². The molecule has 1 saturated heterocycles. The van der Waals surface area contributed by atoms with Crippen LogP contribution in [-0.4, -0.2) is 34.3 Å².